The fourth-order valence-corrected chi connectivity index (χ4v) is 2.87. The Morgan fingerprint density at radius 1 is 1.26 bits per heavy atom. The van der Waals surface area contributed by atoms with Crippen LogP contribution in [0.15, 0.2) is 23.6 Å². The number of nitrogens with zero attached hydrogens (tertiary/aromatic N) is 1. The van der Waals surface area contributed by atoms with Crippen molar-refractivity contribution in [2.75, 3.05) is 6.54 Å². The van der Waals surface area contributed by atoms with Crippen molar-refractivity contribution in [1.29, 1.82) is 0 Å². The lowest BCUT2D eigenvalue weighted by Gasteiger charge is -2.09. The number of aryl methyl sites for hydroxylation is 2. The summed E-state index contributed by atoms with van der Waals surface area (Å²) in [6.07, 6.45) is 1.15. The third kappa shape index (κ3) is 3.43. The van der Waals surface area contributed by atoms with Crippen LogP contribution in [0.5, 0.6) is 0 Å². The normalized spacial score (nSPS) is 12.6. The quantitative estimate of drug-likeness (QED) is 0.869. The lowest BCUT2D eigenvalue weighted by Crippen LogP contribution is -2.19. The molecule has 3 heteroatoms. The van der Waals surface area contributed by atoms with Crippen LogP contribution in [0.25, 0.3) is 10.6 Å². The molecular formula is C16H22N2S. The van der Waals surface area contributed by atoms with Crippen LogP contribution < -0.4 is 5.32 Å². The molecule has 2 nitrogen and oxygen atoms in total. The van der Waals surface area contributed by atoms with Crippen molar-refractivity contribution in [3.63, 3.8) is 0 Å². The minimum Gasteiger partial charge on any atom is -0.309 e. The fraction of sp³-hybridized carbons (Fsp3) is 0.438. The molecule has 2 aromatic rings. The van der Waals surface area contributed by atoms with Gasteiger partial charge in [-0.15, -0.1) is 11.3 Å². The molecule has 2 rings (SSSR count). The zero-order chi connectivity index (χ0) is 13.8. The molecule has 0 aliphatic rings. The SMILES string of the molecule is CCCNC(C)c1csc(-c2ccc(C)c(C)c2)n1. The van der Waals surface area contributed by atoms with Crippen LogP contribution in [0.1, 0.15) is 43.1 Å². The summed E-state index contributed by atoms with van der Waals surface area (Å²) in [5.74, 6) is 0. The lowest BCUT2D eigenvalue weighted by molar-refractivity contribution is 0.561. The highest BCUT2D eigenvalue weighted by Gasteiger charge is 2.10. The summed E-state index contributed by atoms with van der Waals surface area (Å²) >= 11 is 1.73. The molecule has 1 heterocycles. The van der Waals surface area contributed by atoms with Crippen molar-refractivity contribution in [3.8, 4) is 10.6 Å². The predicted molar refractivity (Wildman–Crippen MR) is 83.7 cm³/mol. The van der Waals surface area contributed by atoms with Gasteiger partial charge in [-0.05, 0) is 50.9 Å². The topological polar surface area (TPSA) is 24.9 Å². The van der Waals surface area contributed by atoms with Crippen LogP contribution in [0.3, 0.4) is 0 Å². The van der Waals surface area contributed by atoms with Gasteiger partial charge in [0, 0.05) is 17.0 Å². The van der Waals surface area contributed by atoms with Gasteiger partial charge in [-0.25, -0.2) is 4.98 Å². The zero-order valence-corrected chi connectivity index (χ0v) is 13.0. The number of benzene rings is 1. The highest BCUT2D eigenvalue weighted by molar-refractivity contribution is 7.13. The first kappa shape index (κ1) is 14.2. The molecule has 0 saturated heterocycles. The van der Waals surface area contributed by atoms with Crippen molar-refractivity contribution in [2.24, 2.45) is 0 Å². The molecule has 19 heavy (non-hydrogen) atoms. The van der Waals surface area contributed by atoms with E-state index in [1.165, 1.54) is 16.7 Å². The van der Waals surface area contributed by atoms with E-state index in [9.17, 15) is 0 Å². The molecule has 0 bridgehead atoms. The van der Waals surface area contributed by atoms with E-state index in [2.05, 4.69) is 56.6 Å². The predicted octanol–water partition coefficient (Wildman–Crippen LogP) is 4.49. The van der Waals surface area contributed by atoms with E-state index in [0.29, 0.717) is 6.04 Å². The summed E-state index contributed by atoms with van der Waals surface area (Å²) in [5, 5.41) is 6.76. The Morgan fingerprint density at radius 2 is 2.05 bits per heavy atom. The molecule has 1 aromatic heterocycles. The summed E-state index contributed by atoms with van der Waals surface area (Å²) in [6, 6.07) is 6.89. The Bertz CT molecular complexity index is 545. The van der Waals surface area contributed by atoms with Crippen LogP contribution in [0, 0.1) is 13.8 Å². The molecule has 102 valence electrons. The number of hydrogen-bond acceptors (Lipinski definition) is 3. The summed E-state index contributed by atoms with van der Waals surface area (Å²) in [4.78, 5) is 4.76. The third-order valence-corrected chi connectivity index (χ3v) is 4.33. The van der Waals surface area contributed by atoms with E-state index < -0.39 is 0 Å². The molecule has 0 amide bonds. The minimum atomic E-state index is 0.330. The molecule has 0 radical (unpaired) electrons. The van der Waals surface area contributed by atoms with Gasteiger partial charge in [0.2, 0.25) is 0 Å². The van der Waals surface area contributed by atoms with E-state index in [0.717, 1.165) is 23.7 Å². The van der Waals surface area contributed by atoms with Crippen LogP contribution in [-0.4, -0.2) is 11.5 Å². The number of aromatic nitrogens is 1. The maximum Gasteiger partial charge on any atom is 0.123 e. The summed E-state index contributed by atoms with van der Waals surface area (Å²) < 4.78 is 0. The average molecular weight is 274 g/mol. The van der Waals surface area contributed by atoms with Crippen molar-refractivity contribution in [2.45, 2.75) is 40.2 Å². The smallest absolute Gasteiger partial charge is 0.123 e. The second-order valence-corrected chi connectivity index (χ2v) is 5.91. The Hall–Kier alpha value is -1.19. The van der Waals surface area contributed by atoms with E-state index in [1.54, 1.807) is 11.3 Å². The largest absolute Gasteiger partial charge is 0.309 e. The first-order valence-electron chi connectivity index (χ1n) is 6.88. The maximum atomic E-state index is 4.76. The number of rotatable bonds is 5. The lowest BCUT2D eigenvalue weighted by atomic mass is 10.1. The van der Waals surface area contributed by atoms with Gasteiger partial charge < -0.3 is 5.32 Å². The molecule has 0 saturated carbocycles. The Kier molecular flexibility index (Phi) is 4.72. The molecule has 0 aliphatic heterocycles. The van der Waals surface area contributed by atoms with Gasteiger partial charge in [0.25, 0.3) is 0 Å². The van der Waals surface area contributed by atoms with Crippen molar-refractivity contribution in [1.82, 2.24) is 10.3 Å². The molecule has 0 fully saturated rings. The molecule has 1 atom stereocenters. The molecule has 1 aromatic carbocycles. The second-order valence-electron chi connectivity index (χ2n) is 5.05. The highest BCUT2D eigenvalue weighted by atomic mass is 32.1. The van der Waals surface area contributed by atoms with Gasteiger partial charge in [0.1, 0.15) is 5.01 Å². The van der Waals surface area contributed by atoms with Gasteiger partial charge >= 0.3 is 0 Å². The molecular weight excluding hydrogens is 252 g/mol. The third-order valence-electron chi connectivity index (χ3n) is 3.42. The minimum absolute atomic E-state index is 0.330. The van der Waals surface area contributed by atoms with Crippen LogP contribution in [-0.2, 0) is 0 Å². The number of thiazole rings is 1. The Labute approximate surface area is 119 Å². The van der Waals surface area contributed by atoms with Gasteiger partial charge in [0.15, 0.2) is 0 Å². The van der Waals surface area contributed by atoms with E-state index in [4.69, 9.17) is 4.98 Å². The van der Waals surface area contributed by atoms with Gasteiger partial charge in [0.05, 0.1) is 5.69 Å². The molecule has 0 spiro atoms. The maximum absolute atomic E-state index is 4.76. The first-order chi connectivity index (χ1) is 9.11. The summed E-state index contributed by atoms with van der Waals surface area (Å²) in [6.45, 7) is 9.69. The highest BCUT2D eigenvalue weighted by Crippen LogP contribution is 2.27. The van der Waals surface area contributed by atoms with Crippen molar-refractivity contribution < 1.29 is 0 Å². The van der Waals surface area contributed by atoms with Crippen molar-refractivity contribution >= 4 is 11.3 Å². The van der Waals surface area contributed by atoms with Gasteiger partial charge in [-0.1, -0.05) is 19.1 Å². The Balaban J connectivity index is 2.18. The summed E-state index contributed by atoms with van der Waals surface area (Å²) in [7, 11) is 0. The van der Waals surface area contributed by atoms with E-state index in [-0.39, 0.29) is 0 Å². The number of nitrogens with one attached hydrogen (secondary N) is 1. The van der Waals surface area contributed by atoms with Gasteiger partial charge in [-0.3, -0.25) is 0 Å². The molecule has 1 unspecified atom stereocenters. The average Bonchev–Trinajstić information content (AvgIpc) is 2.89. The Morgan fingerprint density at radius 3 is 2.74 bits per heavy atom. The van der Waals surface area contributed by atoms with E-state index >= 15 is 0 Å². The number of hydrogen-bond donors (Lipinski definition) is 1. The van der Waals surface area contributed by atoms with E-state index in [1.807, 2.05) is 0 Å². The standard InChI is InChI=1S/C16H22N2S/c1-5-8-17-13(4)15-10-19-16(18-15)14-7-6-11(2)12(3)9-14/h6-7,9-10,13,17H,5,8H2,1-4H3. The zero-order valence-electron chi connectivity index (χ0n) is 12.2. The van der Waals surface area contributed by atoms with Crippen LogP contribution in [0.4, 0.5) is 0 Å². The molecule has 1 N–H and O–H groups in total. The summed E-state index contributed by atoms with van der Waals surface area (Å²) in [5.41, 5.74) is 5.03. The van der Waals surface area contributed by atoms with Gasteiger partial charge in [-0.2, -0.15) is 0 Å². The monoisotopic (exact) mass is 274 g/mol. The van der Waals surface area contributed by atoms with Crippen LogP contribution >= 0.6 is 11.3 Å². The van der Waals surface area contributed by atoms with Crippen LogP contribution in [0.2, 0.25) is 0 Å². The van der Waals surface area contributed by atoms with Crippen molar-refractivity contribution in [3.05, 3.63) is 40.4 Å². The molecule has 0 aliphatic carbocycles. The first-order valence-corrected chi connectivity index (χ1v) is 7.76. The second kappa shape index (κ2) is 6.31. The fourth-order valence-electron chi connectivity index (χ4n) is 1.96.